The van der Waals surface area contributed by atoms with Crippen LogP contribution in [0.3, 0.4) is 0 Å². The van der Waals surface area contributed by atoms with Crippen LogP contribution in [0.15, 0.2) is 11.6 Å². The van der Waals surface area contributed by atoms with Crippen molar-refractivity contribution < 1.29 is 9.53 Å². The van der Waals surface area contributed by atoms with E-state index in [1.807, 2.05) is 20.8 Å². The molecule has 0 heterocycles. The van der Waals surface area contributed by atoms with E-state index in [9.17, 15) is 4.79 Å². The quantitative estimate of drug-likeness (QED) is 0.517. The van der Waals surface area contributed by atoms with Crippen molar-refractivity contribution in [2.45, 2.75) is 66.4 Å². The smallest absolute Gasteiger partial charge is 0.331 e. The summed E-state index contributed by atoms with van der Waals surface area (Å²) in [6, 6.07) is 0. The lowest BCUT2D eigenvalue weighted by molar-refractivity contribution is -0.148. The molecule has 102 valence electrons. The van der Waals surface area contributed by atoms with Gasteiger partial charge in [-0.2, -0.15) is 0 Å². The fourth-order valence-corrected chi connectivity index (χ4v) is 3.71. The summed E-state index contributed by atoms with van der Waals surface area (Å²) >= 11 is 0. The van der Waals surface area contributed by atoms with Gasteiger partial charge in [0.25, 0.3) is 0 Å². The van der Waals surface area contributed by atoms with Crippen LogP contribution in [0, 0.1) is 16.7 Å². The van der Waals surface area contributed by atoms with Crippen molar-refractivity contribution >= 4 is 5.97 Å². The van der Waals surface area contributed by atoms with Crippen molar-refractivity contribution in [2.75, 3.05) is 0 Å². The molecular weight excluding hydrogens is 224 g/mol. The van der Waals surface area contributed by atoms with Gasteiger partial charge in [-0.05, 0) is 56.8 Å². The number of carbonyl (C=O) groups is 1. The molecule has 0 aliphatic heterocycles. The zero-order chi connectivity index (χ0) is 13.8. The van der Waals surface area contributed by atoms with Crippen LogP contribution in [0.2, 0.25) is 0 Å². The van der Waals surface area contributed by atoms with Crippen molar-refractivity contribution in [3.05, 3.63) is 11.6 Å². The van der Waals surface area contributed by atoms with E-state index in [4.69, 9.17) is 4.74 Å². The molecule has 0 amide bonds. The summed E-state index contributed by atoms with van der Waals surface area (Å²) in [5, 5.41) is 0. The molecule has 0 saturated heterocycles. The van der Waals surface area contributed by atoms with Gasteiger partial charge in [0, 0.05) is 6.08 Å². The van der Waals surface area contributed by atoms with E-state index in [1.54, 1.807) is 6.08 Å². The number of allylic oxidation sites excluding steroid dienone is 1. The molecule has 0 radical (unpaired) electrons. The van der Waals surface area contributed by atoms with E-state index in [1.165, 1.54) is 18.4 Å². The molecule has 2 rings (SSSR count). The molecule has 0 spiro atoms. The Morgan fingerprint density at radius 1 is 1.33 bits per heavy atom. The van der Waals surface area contributed by atoms with Gasteiger partial charge in [0.1, 0.15) is 5.60 Å². The number of hydrogen-bond donors (Lipinski definition) is 0. The second-order valence-electron chi connectivity index (χ2n) is 7.70. The first-order valence-electron chi connectivity index (χ1n) is 7.00. The third kappa shape index (κ3) is 2.00. The summed E-state index contributed by atoms with van der Waals surface area (Å²) in [5.74, 6) is 0.554. The highest BCUT2D eigenvalue weighted by Gasteiger charge is 2.58. The average Bonchev–Trinajstić information content (AvgIpc) is 2.47. The Labute approximate surface area is 111 Å². The Hall–Kier alpha value is -0.790. The van der Waals surface area contributed by atoms with Gasteiger partial charge in [0.15, 0.2) is 0 Å². The molecule has 2 bridgehead atoms. The SMILES string of the molecule is CC(C)(C)OC(=O)/C=C1/C[C@H]2CC[C@]1(C)C2(C)C. The molecular formula is C16H26O2. The van der Waals surface area contributed by atoms with Crippen molar-refractivity contribution in [1.29, 1.82) is 0 Å². The summed E-state index contributed by atoms with van der Waals surface area (Å²) in [5.41, 5.74) is 1.41. The first-order chi connectivity index (χ1) is 8.06. The number of rotatable bonds is 1. The number of esters is 1. The Morgan fingerprint density at radius 2 is 1.94 bits per heavy atom. The van der Waals surface area contributed by atoms with Crippen LogP contribution >= 0.6 is 0 Å². The molecule has 2 saturated carbocycles. The average molecular weight is 250 g/mol. The lowest BCUT2D eigenvalue weighted by atomic mass is 9.69. The molecule has 2 nitrogen and oxygen atoms in total. The molecule has 18 heavy (non-hydrogen) atoms. The zero-order valence-electron chi connectivity index (χ0n) is 12.6. The van der Waals surface area contributed by atoms with Crippen LogP contribution < -0.4 is 0 Å². The van der Waals surface area contributed by atoms with Gasteiger partial charge in [0.05, 0.1) is 0 Å². The Kier molecular flexibility index (Phi) is 2.92. The van der Waals surface area contributed by atoms with Crippen molar-refractivity contribution in [3.8, 4) is 0 Å². The number of ether oxygens (including phenoxy) is 1. The van der Waals surface area contributed by atoms with Crippen LogP contribution in [-0.4, -0.2) is 11.6 Å². The van der Waals surface area contributed by atoms with E-state index in [2.05, 4.69) is 20.8 Å². The first kappa shape index (κ1) is 13.6. The molecule has 0 unspecified atom stereocenters. The summed E-state index contributed by atoms with van der Waals surface area (Å²) in [6.45, 7) is 12.7. The monoisotopic (exact) mass is 250 g/mol. The summed E-state index contributed by atoms with van der Waals surface area (Å²) in [4.78, 5) is 11.9. The van der Waals surface area contributed by atoms with Crippen LogP contribution in [0.5, 0.6) is 0 Å². The van der Waals surface area contributed by atoms with Gasteiger partial charge in [-0.3, -0.25) is 0 Å². The molecule has 0 N–H and O–H groups in total. The van der Waals surface area contributed by atoms with E-state index >= 15 is 0 Å². The van der Waals surface area contributed by atoms with E-state index in [0.717, 1.165) is 12.3 Å². The summed E-state index contributed by atoms with van der Waals surface area (Å²) in [7, 11) is 0. The Bertz CT molecular complexity index is 398. The minimum Gasteiger partial charge on any atom is -0.457 e. The molecule has 2 aliphatic carbocycles. The molecule has 0 aromatic rings. The maximum Gasteiger partial charge on any atom is 0.331 e. The third-order valence-electron chi connectivity index (χ3n) is 5.31. The zero-order valence-corrected chi connectivity index (χ0v) is 12.6. The number of fused-ring (bicyclic) bond motifs is 2. The fourth-order valence-electron chi connectivity index (χ4n) is 3.71. The second-order valence-corrected chi connectivity index (χ2v) is 7.70. The molecule has 2 atom stereocenters. The van der Waals surface area contributed by atoms with Crippen molar-refractivity contribution in [2.24, 2.45) is 16.7 Å². The van der Waals surface area contributed by atoms with E-state index < -0.39 is 5.60 Å². The van der Waals surface area contributed by atoms with Crippen LogP contribution in [-0.2, 0) is 9.53 Å². The Morgan fingerprint density at radius 3 is 2.33 bits per heavy atom. The molecule has 2 fully saturated rings. The van der Waals surface area contributed by atoms with Crippen LogP contribution in [0.4, 0.5) is 0 Å². The predicted octanol–water partition coefficient (Wildman–Crippen LogP) is 4.10. The fraction of sp³-hybridized carbons (Fsp3) is 0.812. The lowest BCUT2D eigenvalue weighted by Crippen LogP contribution is -2.29. The maximum atomic E-state index is 11.9. The van der Waals surface area contributed by atoms with E-state index in [-0.39, 0.29) is 11.4 Å². The summed E-state index contributed by atoms with van der Waals surface area (Å²) in [6.07, 6.45) is 5.35. The largest absolute Gasteiger partial charge is 0.457 e. The first-order valence-corrected chi connectivity index (χ1v) is 7.00. The number of hydrogen-bond acceptors (Lipinski definition) is 2. The van der Waals surface area contributed by atoms with Gasteiger partial charge in [0.2, 0.25) is 0 Å². The molecule has 0 aromatic heterocycles. The van der Waals surface area contributed by atoms with Gasteiger partial charge < -0.3 is 4.74 Å². The van der Waals surface area contributed by atoms with Gasteiger partial charge in [-0.25, -0.2) is 4.79 Å². The van der Waals surface area contributed by atoms with Crippen LogP contribution in [0.25, 0.3) is 0 Å². The van der Waals surface area contributed by atoms with Gasteiger partial charge in [-0.1, -0.05) is 26.3 Å². The van der Waals surface area contributed by atoms with Gasteiger partial charge >= 0.3 is 5.97 Å². The lowest BCUT2D eigenvalue weighted by Gasteiger charge is -2.35. The van der Waals surface area contributed by atoms with Crippen molar-refractivity contribution in [1.82, 2.24) is 0 Å². The second kappa shape index (κ2) is 3.85. The van der Waals surface area contributed by atoms with Crippen LogP contribution in [0.1, 0.15) is 60.8 Å². The Balaban J connectivity index is 2.20. The topological polar surface area (TPSA) is 26.3 Å². The highest BCUT2D eigenvalue weighted by molar-refractivity contribution is 5.83. The van der Waals surface area contributed by atoms with E-state index in [0.29, 0.717) is 5.41 Å². The highest BCUT2D eigenvalue weighted by atomic mass is 16.6. The molecule has 2 aliphatic rings. The minimum absolute atomic E-state index is 0.179. The minimum atomic E-state index is -0.401. The summed E-state index contributed by atoms with van der Waals surface area (Å²) < 4.78 is 5.41. The number of carbonyl (C=O) groups excluding carboxylic acids is 1. The normalized spacial score (nSPS) is 36.1. The predicted molar refractivity (Wildman–Crippen MR) is 73.2 cm³/mol. The van der Waals surface area contributed by atoms with Crippen molar-refractivity contribution in [3.63, 3.8) is 0 Å². The molecule has 0 aromatic carbocycles. The highest BCUT2D eigenvalue weighted by Crippen LogP contribution is 2.67. The maximum absolute atomic E-state index is 11.9. The standard InChI is InChI=1S/C16H26O2/c1-14(2,3)18-13(17)10-12-9-11-7-8-16(12,6)15(11,4)5/h10-11H,7-9H2,1-6H3/b12-10-/t11-,16+/m1/s1. The van der Waals surface area contributed by atoms with Gasteiger partial charge in [-0.15, -0.1) is 0 Å². The third-order valence-corrected chi connectivity index (χ3v) is 5.31. The molecule has 2 heteroatoms.